The lowest BCUT2D eigenvalue weighted by Crippen LogP contribution is -2.00. The van der Waals surface area contributed by atoms with Crippen LogP contribution in [0.4, 0.5) is 0 Å². The summed E-state index contributed by atoms with van der Waals surface area (Å²) < 4.78 is 4.86. The van der Waals surface area contributed by atoms with E-state index in [-0.39, 0.29) is 0 Å². The van der Waals surface area contributed by atoms with Crippen LogP contribution < -0.4 is 0 Å². The van der Waals surface area contributed by atoms with Crippen molar-refractivity contribution in [1.29, 1.82) is 0 Å². The molecule has 5 heteroatoms. The Morgan fingerprint density at radius 2 is 0.904 bits per heavy atom. The molecule has 0 spiro atoms. The van der Waals surface area contributed by atoms with Crippen LogP contribution in [0.1, 0.15) is 0 Å². The Bertz CT molecular complexity index is 3190. The van der Waals surface area contributed by atoms with Gasteiger partial charge in [-0.1, -0.05) is 109 Å². The van der Waals surface area contributed by atoms with Crippen LogP contribution in [-0.4, -0.2) is 19.5 Å². The number of nitrogens with zero attached hydrogens (tertiary/aromatic N) is 4. The van der Waals surface area contributed by atoms with Gasteiger partial charge in [-0.3, -0.25) is 0 Å². The van der Waals surface area contributed by atoms with Gasteiger partial charge in [-0.15, -0.1) is 11.3 Å². The minimum absolute atomic E-state index is 0.643. The highest BCUT2D eigenvalue weighted by molar-refractivity contribution is 7.25. The first-order valence-corrected chi connectivity index (χ1v) is 18.2. The average Bonchev–Trinajstić information content (AvgIpc) is 3.74. The number of aromatic nitrogens is 4. The molecule has 11 aromatic rings. The fraction of sp³-hybridized carbons (Fsp3) is 0. The summed E-state index contributed by atoms with van der Waals surface area (Å²) in [5.74, 6) is 1.95. The van der Waals surface area contributed by atoms with Crippen LogP contribution in [-0.2, 0) is 0 Å². The first kappa shape index (κ1) is 29.1. The third-order valence-electron chi connectivity index (χ3n) is 10.2. The molecule has 0 saturated carbocycles. The Balaban J connectivity index is 1.07. The van der Waals surface area contributed by atoms with Crippen molar-refractivity contribution in [1.82, 2.24) is 19.5 Å². The van der Waals surface area contributed by atoms with Crippen LogP contribution in [0.25, 0.3) is 103 Å². The van der Waals surface area contributed by atoms with Gasteiger partial charge in [0.25, 0.3) is 0 Å². The predicted octanol–water partition coefficient (Wildman–Crippen LogP) is 12.6. The molecule has 11 rings (SSSR count). The Morgan fingerprint density at radius 1 is 0.346 bits per heavy atom. The summed E-state index contributed by atoms with van der Waals surface area (Å²) >= 11 is 1.80. The van der Waals surface area contributed by atoms with Crippen LogP contribution in [0.5, 0.6) is 0 Å². The summed E-state index contributed by atoms with van der Waals surface area (Å²) in [5.41, 5.74) is 6.32. The molecule has 3 aromatic heterocycles. The average molecular weight is 681 g/mol. The first-order valence-electron chi connectivity index (χ1n) is 17.4. The van der Waals surface area contributed by atoms with Gasteiger partial charge in [-0.05, 0) is 82.2 Å². The zero-order valence-electron chi connectivity index (χ0n) is 27.9. The molecule has 0 radical (unpaired) electrons. The summed E-state index contributed by atoms with van der Waals surface area (Å²) in [7, 11) is 0. The first-order chi connectivity index (χ1) is 25.7. The molecule has 0 bridgehead atoms. The number of hydrogen-bond donors (Lipinski definition) is 0. The van der Waals surface area contributed by atoms with Crippen molar-refractivity contribution in [2.45, 2.75) is 0 Å². The number of benzene rings is 8. The Morgan fingerprint density at radius 3 is 1.69 bits per heavy atom. The third-order valence-corrected chi connectivity index (χ3v) is 11.3. The van der Waals surface area contributed by atoms with E-state index in [1.165, 1.54) is 58.1 Å². The van der Waals surface area contributed by atoms with Crippen molar-refractivity contribution in [2.75, 3.05) is 0 Å². The molecule has 0 atom stereocenters. The number of fused-ring (bicyclic) bond motifs is 8. The van der Waals surface area contributed by atoms with E-state index in [0.29, 0.717) is 17.5 Å². The molecular formula is C47H28N4S. The van der Waals surface area contributed by atoms with Gasteiger partial charge >= 0.3 is 0 Å². The number of rotatable bonds is 4. The predicted molar refractivity (Wildman–Crippen MR) is 218 cm³/mol. The fourth-order valence-electron chi connectivity index (χ4n) is 7.65. The fourth-order valence-corrected chi connectivity index (χ4v) is 8.79. The maximum atomic E-state index is 5.12. The molecule has 4 nitrogen and oxygen atoms in total. The molecule has 0 amide bonds. The van der Waals surface area contributed by atoms with E-state index in [1.807, 2.05) is 0 Å². The lowest BCUT2D eigenvalue weighted by atomic mass is 10.1. The van der Waals surface area contributed by atoms with Crippen LogP contribution >= 0.6 is 11.3 Å². The Hall–Kier alpha value is -6.69. The Labute approximate surface area is 302 Å². The molecule has 0 aliphatic rings. The molecule has 52 heavy (non-hydrogen) atoms. The maximum Gasteiger partial charge on any atom is 0.164 e. The SMILES string of the molecule is c1ccc2cc(-c3nc(-c4ccc(-n5c6ccccc6c6cc7ccccc7cc65)cc4)nc(-c4ccc5c(c4)sc4ccccc45)n3)ccc2c1. The lowest BCUT2D eigenvalue weighted by molar-refractivity contribution is 1.07. The van der Waals surface area contributed by atoms with E-state index in [2.05, 4.69) is 174 Å². The molecule has 0 N–H and O–H groups in total. The maximum absolute atomic E-state index is 5.12. The van der Waals surface area contributed by atoms with Crippen LogP contribution in [0.15, 0.2) is 170 Å². The highest BCUT2D eigenvalue weighted by atomic mass is 32.1. The summed E-state index contributed by atoms with van der Waals surface area (Å²) in [6.07, 6.45) is 0. The highest BCUT2D eigenvalue weighted by Gasteiger charge is 2.17. The second-order valence-electron chi connectivity index (χ2n) is 13.3. The van der Waals surface area contributed by atoms with Gasteiger partial charge in [0.05, 0.1) is 11.0 Å². The molecule has 0 fully saturated rings. The third kappa shape index (κ3) is 4.64. The molecule has 0 saturated heterocycles. The smallest absolute Gasteiger partial charge is 0.164 e. The topological polar surface area (TPSA) is 43.6 Å². The van der Waals surface area contributed by atoms with Crippen LogP contribution in [0, 0.1) is 0 Å². The van der Waals surface area contributed by atoms with Gasteiger partial charge in [-0.25, -0.2) is 15.0 Å². The van der Waals surface area contributed by atoms with Crippen molar-refractivity contribution >= 4 is 74.9 Å². The lowest BCUT2D eigenvalue weighted by Gasteiger charge is -2.11. The van der Waals surface area contributed by atoms with Gasteiger partial charge in [0, 0.05) is 53.3 Å². The molecular weight excluding hydrogens is 653 g/mol. The van der Waals surface area contributed by atoms with E-state index in [9.17, 15) is 0 Å². The second-order valence-corrected chi connectivity index (χ2v) is 14.4. The van der Waals surface area contributed by atoms with Crippen molar-refractivity contribution < 1.29 is 0 Å². The molecule has 0 unspecified atom stereocenters. The van der Waals surface area contributed by atoms with Gasteiger partial charge in [0.15, 0.2) is 17.5 Å². The van der Waals surface area contributed by atoms with E-state index in [1.54, 1.807) is 11.3 Å². The van der Waals surface area contributed by atoms with Crippen LogP contribution in [0.2, 0.25) is 0 Å². The van der Waals surface area contributed by atoms with E-state index in [0.717, 1.165) is 27.8 Å². The highest BCUT2D eigenvalue weighted by Crippen LogP contribution is 2.38. The second kappa shape index (κ2) is 11.4. The van der Waals surface area contributed by atoms with E-state index >= 15 is 0 Å². The number of hydrogen-bond acceptors (Lipinski definition) is 4. The van der Waals surface area contributed by atoms with E-state index in [4.69, 9.17) is 15.0 Å². The van der Waals surface area contributed by atoms with Crippen molar-refractivity contribution in [3.05, 3.63) is 170 Å². The van der Waals surface area contributed by atoms with Crippen LogP contribution in [0.3, 0.4) is 0 Å². The summed E-state index contributed by atoms with van der Waals surface area (Å²) in [4.78, 5) is 15.3. The minimum atomic E-state index is 0.643. The van der Waals surface area contributed by atoms with Crippen molar-refractivity contribution in [3.63, 3.8) is 0 Å². The van der Waals surface area contributed by atoms with Gasteiger partial charge in [-0.2, -0.15) is 0 Å². The standard InChI is InChI=1S/C47H28N4S/c1-2-10-31-25-34(18-17-29(31)9-1)46-48-45(49-47(50-46)35-21-24-39-38-14-6-8-16-43(38)52-44(39)28-35)30-19-22-36(23-20-30)51-41-15-7-5-13-37(41)40-26-32-11-3-4-12-33(32)27-42(40)51/h1-28H. The van der Waals surface area contributed by atoms with Crippen molar-refractivity contribution in [2.24, 2.45) is 0 Å². The van der Waals surface area contributed by atoms with Gasteiger partial charge in [0.2, 0.25) is 0 Å². The summed E-state index contributed by atoms with van der Waals surface area (Å²) in [6.45, 7) is 0. The zero-order valence-corrected chi connectivity index (χ0v) is 28.7. The number of thiophene rings is 1. The minimum Gasteiger partial charge on any atom is -0.309 e. The van der Waals surface area contributed by atoms with Gasteiger partial charge in [0.1, 0.15) is 0 Å². The summed E-state index contributed by atoms with van der Waals surface area (Å²) in [6, 6.07) is 60.4. The monoisotopic (exact) mass is 680 g/mol. The largest absolute Gasteiger partial charge is 0.309 e. The normalized spacial score (nSPS) is 11.8. The zero-order chi connectivity index (χ0) is 34.2. The van der Waals surface area contributed by atoms with E-state index < -0.39 is 0 Å². The molecule has 3 heterocycles. The van der Waals surface area contributed by atoms with Crippen molar-refractivity contribution in [3.8, 4) is 39.9 Å². The quantitative estimate of drug-likeness (QED) is 0.186. The molecule has 0 aliphatic heterocycles. The molecule has 0 aliphatic carbocycles. The summed E-state index contributed by atoms with van der Waals surface area (Å²) in [5, 5.41) is 9.82. The van der Waals surface area contributed by atoms with Gasteiger partial charge < -0.3 is 4.57 Å². The number of para-hydroxylation sites is 1. The molecule has 242 valence electrons. The molecule has 8 aromatic carbocycles. The Kier molecular flexibility index (Phi) is 6.39.